The molecule has 2 saturated carbocycles. The predicted molar refractivity (Wildman–Crippen MR) is 102 cm³/mol. The molecule has 6 nitrogen and oxygen atoms in total. The monoisotopic (exact) mass is 373 g/mol. The molecule has 0 unspecified atom stereocenters. The minimum atomic E-state index is -0.372. The molecule has 7 rings (SSSR count). The molecule has 2 aromatic rings. The van der Waals surface area contributed by atoms with Crippen molar-refractivity contribution in [1.82, 2.24) is 9.88 Å². The molecule has 1 N–H and O–H groups in total. The number of carbonyl (C=O) groups is 3. The molecule has 1 saturated heterocycles. The van der Waals surface area contributed by atoms with Crippen molar-refractivity contribution >= 4 is 34.3 Å². The van der Waals surface area contributed by atoms with Gasteiger partial charge in [0.25, 0.3) is 0 Å². The molecule has 2 heterocycles. The summed E-state index contributed by atoms with van der Waals surface area (Å²) in [6.07, 6.45) is 6.99. The van der Waals surface area contributed by atoms with E-state index in [1.165, 1.54) is 4.90 Å². The van der Waals surface area contributed by atoms with Crippen LogP contribution >= 0.6 is 0 Å². The quantitative estimate of drug-likeness (QED) is 0.661. The number of amides is 3. The largest absolute Gasteiger partial charge is 0.323 e. The molecule has 5 aliphatic rings. The molecular formula is C22H19N3O3. The third kappa shape index (κ3) is 2.14. The molecule has 3 fully saturated rings. The van der Waals surface area contributed by atoms with Gasteiger partial charge in [-0.1, -0.05) is 30.4 Å². The summed E-state index contributed by atoms with van der Waals surface area (Å²) in [4.78, 5) is 43.9. The Labute approximate surface area is 161 Å². The molecule has 1 aromatic heterocycles. The van der Waals surface area contributed by atoms with Crippen molar-refractivity contribution in [3.8, 4) is 0 Å². The van der Waals surface area contributed by atoms with Gasteiger partial charge in [0.05, 0.1) is 29.2 Å². The van der Waals surface area contributed by atoms with Crippen LogP contribution in [0.2, 0.25) is 0 Å². The van der Waals surface area contributed by atoms with Gasteiger partial charge in [-0.2, -0.15) is 0 Å². The number of rotatable bonds is 3. The van der Waals surface area contributed by atoms with Gasteiger partial charge < -0.3 is 5.32 Å². The number of likely N-dealkylation sites (tertiary alicyclic amines) is 1. The lowest BCUT2D eigenvalue weighted by atomic mass is 9.63. The summed E-state index contributed by atoms with van der Waals surface area (Å²) in [6.45, 7) is -0.230. The Kier molecular flexibility index (Phi) is 3.14. The topological polar surface area (TPSA) is 79.4 Å². The number of fused-ring (bicyclic) bond motifs is 1. The van der Waals surface area contributed by atoms with E-state index in [1.807, 2.05) is 30.3 Å². The Morgan fingerprint density at radius 3 is 2.46 bits per heavy atom. The lowest BCUT2D eigenvalue weighted by Gasteiger charge is -2.37. The number of carbonyl (C=O) groups excluding carboxylic acids is 3. The lowest BCUT2D eigenvalue weighted by Crippen LogP contribution is -2.40. The minimum absolute atomic E-state index is 0.175. The summed E-state index contributed by atoms with van der Waals surface area (Å²) >= 11 is 0. The van der Waals surface area contributed by atoms with Crippen LogP contribution in [0.5, 0.6) is 0 Å². The number of allylic oxidation sites excluding steroid dienone is 2. The molecule has 1 aliphatic heterocycles. The highest BCUT2D eigenvalue weighted by molar-refractivity contribution is 6.09. The third-order valence-corrected chi connectivity index (χ3v) is 6.93. The first-order chi connectivity index (χ1) is 13.6. The number of nitrogens with one attached hydrogen (secondary N) is 1. The zero-order chi connectivity index (χ0) is 19.0. The average Bonchev–Trinajstić information content (AvgIpc) is 3.49. The van der Waals surface area contributed by atoms with Crippen molar-refractivity contribution in [2.75, 3.05) is 11.9 Å². The molecular weight excluding hydrogens is 354 g/mol. The van der Waals surface area contributed by atoms with Crippen LogP contribution in [0.25, 0.3) is 10.9 Å². The number of pyridine rings is 1. The Morgan fingerprint density at radius 1 is 1.07 bits per heavy atom. The molecule has 0 radical (unpaired) electrons. The maximum atomic E-state index is 12.9. The van der Waals surface area contributed by atoms with Gasteiger partial charge in [0.2, 0.25) is 17.7 Å². The van der Waals surface area contributed by atoms with Crippen LogP contribution in [-0.2, 0) is 14.4 Å². The number of anilines is 1. The SMILES string of the molecule is O=C(CN1C(=O)[C@@H]2[C@H]3C=C[C@@H]([C@@H]4C[C@@H]34)[C@@H]2C1=O)Nc1cnc2ccccc2c1. The molecule has 0 spiro atoms. The first-order valence-electron chi connectivity index (χ1n) is 9.80. The summed E-state index contributed by atoms with van der Waals surface area (Å²) < 4.78 is 0. The Morgan fingerprint density at radius 2 is 1.75 bits per heavy atom. The van der Waals surface area contributed by atoms with E-state index in [2.05, 4.69) is 22.5 Å². The van der Waals surface area contributed by atoms with Crippen molar-refractivity contribution in [2.24, 2.45) is 35.5 Å². The number of hydrogen-bond donors (Lipinski definition) is 1. The van der Waals surface area contributed by atoms with Crippen molar-refractivity contribution in [1.29, 1.82) is 0 Å². The highest BCUT2D eigenvalue weighted by Gasteiger charge is 2.67. The Bertz CT molecular complexity index is 1040. The fraction of sp³-hybridized carbons (Fsp3) is 0.364. The number of aromatic nitrogens is 1. The van der Waals surface area contributed by atoms with Gasteiger partial charge in [-0.05, 0) is 42.2 Å². The Balaban J connectivity index is 1.20. The van der Waals surface area contributed by atoms with E-state index >= 15 is 0 Å². The second-order valence-electron chi connectivity index (χ2n) is 8.38. The van der Waals surface area contributed by atoms with E-state index in [0.29, 0.717) is 17.5 Å². The number of benzene rings is 1. The normalized spacial score (nSPS) is 34.5. The van der Waals surface area contributed by atoms with E-state index < -0.39 is 0 Å². The zero-order valence-corrected chi connectivity index (χ0v) is 15.1. The fourth-order valence-corrected chi connectivity index (χ4v) is 5.66. The van der Waals surface area contributed by atoms with Crippen molar-refractivity contribution < 1.29 is 14.4 Å². The van der Waals surface area contributed by atoms with Crippen LogP contribution in [0, 0.1) is 35.5 Å². The van der Waals surface area contributed by atoms with Crippen LogP contribution < -0.4 is 5.32 Å². The third-order valence-electron chi connectivity index (χ3n) is 6.93. The smallest absolute Gasteiger partial charge is 0.244 e. The van der Waals surface area contributed by atoms with E-state index in [-0.39, 0.29) is 47.9 Å². The second kappa shape index (κ2) is 5.50. The van der Waals surface area contributed by atoms with Gasteiger partial charge in [0, 0.05) is 5.39 Å². The van der Waals surface area contributed by atoms with Crippen molar-refractivity contribution in [2.45, 2.75) is 6.42 Å². The van der Waals surface area contributed by atoms with Crippen LogP contribution in [0.4, 0.5) is 5.69 Å². The number of para-hydroxylation sites is 1. The number of imide groups is 1. The van der Waals surface area contributed by atoms with Crippen molar-refractivity contribution in [3.63, 3.8) is 0 Å². The lowest BCUT2D eigenvalue weighted by molar-refractivity contribution is -0.142. The minimum Gasteiger partial charge on any atom is -0.323 e. The molecule has 28 heavy (non-hydrogen) atoms. The van der Waals surface area contributed by atoms with Crippen LogP contribution in [0.3, 0.4) is 0 Å². The van der Waals surface area contributed by atoms with Crippen LogP contribution in [-0.4, -0.2) is 34.2 Å². The summed E-state index contributed by atoms with van der Waals surface area (Å²) in [5, 5.41) is 3.69. The average molecular weight is 373 g/mol. The first kappa shape index (κ1) is 16.0. The predicted octanol–water partition coefficient (Wildman–Crippen LogP) is 2.23. The highest BCUT2D eigenvalue weighted by atomic mass is 16.2. The number of nitrogens with zero attached hydrogens (tertiary/aromatic N) is 2. The van der Waals surface area contributed by atoms with Gasteiger partial charge >= 0.3 is 0 Å². The molecule has 140 valence electrons. The second-order valence-corrected chi connectivity index (χ2v) is 8.38. The molecule has 1 aromatic carbocycles. The molecule has 4 aliphatic carbocycles. The molecule has 3 amide bonds. The fourth-order valence-electron chi connectivity index (χ4n) is 5.66. The van der Waals surface area contributed by atoms with Crippen molar-refractivity contribution in [3.05, 3.63) is 48.7 Å². The zero-order valence-electron chi connectivity index (χ0n) is 15.1. The molecule has 6 heteroatoms. The van der Waals surface area contributed by atoms with Crippen LogP contribution in [0.15, 0.2) is 48.7 Å². The van der Waals surface area contributed by atoms with Gasteiger partial charge in [-0.3, -0.25) is 24.3 Å². The molecule has 6 atom stereocenters. The van der Waals surface area contributed by atoms with Gasteiger partial charge in [0.1, 0.15) is 6.54 Å². The van der Waals surface area contributed by atoms with E-state index in [0.717, 1.165) is 17.3 Å². The summed E-state index contributed by atoms with van der Waals surface area (Å²) in [6, 6.07) is 9.47. The van der Waals surface area contributed by atoms with Crippen LogP contribution in [0.1, 0.15) is 6.42 Å². The van der Waals surface area contributed by atoms with E-state index in [1.54, 1.807) is 6.20 Å². The summed E-state index contributed by atoms with van der Waals surface area (Å²) in [7, 11) is 0. The van der Waals surface area contributed by atoms with E-state index in [4.69, 9.17) is 0 Å². The summed E-state index contributed by atoms with van der Waals surface area (Å²) in [5.41, 5.74) is 1.40. The first-order valence-corrected chi connectivity index (χ1v) is 9.80. The number of hydrogen-bond acceptors (Lipinski definition) is 4. The Hall–Kier alpha value is -3.02. The maximum absolute atomic E-state index is 12.9. The highest BCUT2D eigenvalue weighted by Crippen LogP contribution is 2.65. The van der Waals surface area contributed by atoms with Gasteiger partial charge in [-0.25, -0.2) is 0 Å². The van der Waals surface area contributed by atoms with E-state index in [9.17, 15) is 14.4 Å². The van der Waals surface area contributed by atoms with Gasteiger partial charge in [-0.15, -0.1) is 0 Å². The standard InChI is InChI=1S/C22H19N3O3/c26-18(24-12-7-11-3-1-2-4-17(11)23-9-12)10-25-21(27)19-13-5-6-14(16-8-15(13)16)20(19)22(25)28/h1-7,9,13-16,19-20H,8,10H2,(H,24,26)/t13-,14-,15-,16-,19-,20+/m0/s1. The van der Waals surface area contributed by atoms with Gasteiger partial charge in [0.15, 0.2) is 0 Å². The summed E-state index contributed by atoms with van der Waals surface area (Å²) in [5.74, 6) is 0.225. The maximum Gasteiger partial charge on any atom is 0.244 e. The molecule has 2 bridgehead atoms.